The van der Waals surface area contributed by atoms with Crippen LogP contribution in [-0.2, 0) is 4.74 Å². The summed E-state index contributed by atoms with van der Waals surface area (Å²) in [7, 11) is 1.68. The highest BCUT2D eigenvalue weighted by atomic mass is 16.5. The number of fused-ring (bicyclic) bond motifs is 1. The van der Waals surface area contributed by atoms with Crippen LogP contribution in [0.1, 0.15) is 0 Å². The van der Waals surface area contributed by atoms with E-state index in [0.29, 0.717) is 19.0 Å². The summed E-state index contributed by atoms with van der Waals surface area (Å²) < 4.78 is 10.8. The molecular formula is C24H22N4O2. The van der Waals surface area contributed by atoms with E-state index in [1.54, 1.807) is 19.5 Å². The summed E-state index contributed by atoms with van der Waals surface area (Å²) in [6.07, 6.45) is 3.56. The molecule has 150 valence electrons. The van der Waals surface area contributed by atoms with Gasteiger partial charge in [0.25, 0.3) is 0 Å². The van der Waals surface area contributed by atoms with Gasteiger partial charge in [-0.05, 0) is 47.5 Å². The zero-order chi connectivity index (χ0) is 20.3. The van der Waals surface area contributed by atoms with E-state index in [1.807, 2.05) is 24.3 Å². The average molecular weight is 398 g/mol. The molecule has 6 nitrogen and oxygen atoms in total. The molecule has 0 saturated carbocycles. The fourth-order valence-electron chi connectivity index (χ4n) is 3.72. The molecule has 0 aliphatic carbocycles. The van der Waals surface area contributed by atoms with Crippen LogP contribution < -0.4 is 9.64 Å². The molecule has 2 aromatic heterocycles. The number of anilines is 1. The zero-order valence-corrected chi connectivity index (χ0v) is 16.8. The van der Waals surface area contributed by atoms with Crippen molar-refractivity contribution in [3.05, 3.63) is 67.0 Å². The van der Waals surface area contributed by atoms with Gasteiger partial charge in [0.15, 0.2) is 5.82 Å². The predicted octanol–water partition coefficient (Wildman–Crippen LogP) is 4.20. The van der Waals surface area contributed by atoms with E-state index in [-0.39, 0.29) is 0 Å². The first-order valence-electron chi connectivity index (χ1n) is 10.0. The quantitative estimate of drug-likeness (QED) is 0.513. The molecule has 0 atom stereocenters. The van der Waals surface area contributed by atoms with Gasteiger partial charge in [0.1, 0.15) is 11.6 Å². The maximum Gasteiger partial charge on any atom is 0.163 e. The fourth-order valence-corrected chi connectivity index (χ4v) is 3.72. The summed E-state index contributed by atoms with van der Waals surface area (Å²) in [6.45, 7) is 3.02. The summed E-state index contributed by atoms with van der Waals surface area (Å²) in [5.74, 6) is 2.48. The van der Waals surface area contributed by atoms with Crippen LogP contribution in [0.3, 0.4) is 0 Å². The Kier molecular flexibility index (Phi) is 4.99. The number of methoxy groups -OCH3 is 1. The van der Waals surface area contributed by atoms with Gasteiger partial charge in [0.2, 0.25) is 0 Å². The summed E-state index contributed by atoms with van der Waals surface area (Å²) in [6, 6.07) is 18.3. The predicted molar refractivity (Wildman–Crippen MR) is 118 cm³/mol. The number of pyridine rings is 1. The molecule has 5 rings (SSSR count). The second-order valence-corrected chi connectivity index (χ2v) is 7.17. The molecule has 0 radical (unpaired) electrons. The van der Waals surface area contributed by atoms with E-state index < -0.39 is 0 Å². The lowest BCUT2D eigenvalue weighted by atomic mass is 10.0. The minimum atomic E-state index is 0.689. The summed E-state index contributed by atoms with van der Waals surface area (Å²) in [5.41, 5.74) is 4.08. The van der Waals surface area contributed by atoms with Crippen molar-refractivity contribution in [1.29, 1.82) is 0 Å². The first-order valence-corrected chi connectivity index (χ1v) is 10.0. The third kappa shape index (κ3) is 3.57. The zero-order valence-electron chi connectivity index (χ0n) is 16.8. The molecule has 0 bridgehead atoms. The molecule has 1 aliphatic heterocycles. The molecule has 0 unspecified atom stereocenters. The van der Waals surface area contributed by atoms with Gasteiger partial charge in [-0.2, -0.15) is 0 Å². The SMILES string of the molecule is COc1ccc(-c2ccc3nc(-c4cccnc4)nc(N4CCOCC4)c3c2)cc1. The summed E-state index contributed by atoms with van der Waals surface area (Å²) in [4.78, 5) is 16.3. The minimum absolute atomic E-state index is 0.689. The van der Waals surface area contributed by atoms with Crippen LogP contribution in [0, 0.1) is 0 Å². The molecule has 1 fully saturated rings. The summed E-state index contributed by atoms with van der Waals surface area (Å²) in [5, 5.41) is 1.04. The van der Waals surface area contributed by atoms with Crippen LogP contribution in [0.25, 0.3) is 33.4 Å². The molecule has 0 spiro atoms. The number of ether oxygens (including phenoxy) is 2. The average Bonchev–Trinajstić information content (AvgIpc) is 2.84. The topological polar surface area (TPSA) is 60.4 Å². The number of benzene rings is 2. The smallest absolute Gasteiger partial charge is 0.163 e. The minimum Gasteiger partial charge on any atom is -0.497 e. The van der Waals surface area contributed by atoms with Gasteiger partial charge in [-0.3, -0.25) is 4.98 Å². The number of hydrogen-bond acceptors (Lipinski definition) is 6. The van der Waals surface area contributed by atoms with Gasteiger partial charge < -0.3 is 14.4 Å². The molecule has 3 heterocycles. The van der Waals surface area contributed by atoms with Crippen LogP contribution in [0.5, 0.6) is 5.75 Å². The van der Waals surface area contributed by atoms with Crippen molar-refractivity contribution in [2.45, 2.75) is 0 Å². The highest BCUT2D eigenvalue weighted by Crippen LogP contribution is 2.32. The molecule has 4 aromatic rings. The molecule has 6 heteroatoms. The van der Waals surface area contributed by atoms with Gasteiger partial charge in [-0.15, -0.1) is 0 Å². The Balaban J connectivity index is 1.65. The number of hydrogen-bond donors (Lipinski definition) is 0. The molecule has 2 aromatic carbocycles. The van der Waals surface area contributed by atoms with E-state index in [0.717, 1.165) is 52.3 Å². The van der Waals surface area contributed by atoms with E-state index >= 15 is 0 Å². The van der Waals surface area contributed by atoms with Crippen molar-refractivity contribution in [3.63, 3.8) is 0 Å². The van der Waals surface area contributed by atoms with Gasteiger partial charge in [0, 0.05) is 36.4 Å². The number of morpholine rings is 1. The summed E-state index contributed by atoms with van der Waals surface area (Å²) >= 11 is 0. The van der Waals surface area contributed by atoms with Gasteiger partial charge in [-0.1, -0.05) is 18.2 Å². The van der Waals surface area contributed by atoms with Crippen LogP contribution in [0.15, 0.2) is 67.0 Å². The maximum absolute atomic E-state index is 5.56. The number of nitrogens with zero attached hydrogens (tertiary/aromatic N) is 4. The first-order chi connectivity index (χ1) is 14.8. The molecule has 30 heavy (non-hydrogen) atoms. The van der Waals surface area contributed by atoms with E-state index in [9.17, 15) is 0 Å². The van der Waals surface area contributed by atoms with Gasteiger partial charge >= 0.3 is 0 Å². The van der Waals surface area contributed by atoms with Gasteiger partial charge in [-0.25, -0.2) is 9.97 Å². The fraction of sp³-hybridized carbons (Fsp3) is 0.208. The van der Waals surface area contributed by atoms with Crippen molar-refractivity contribution in [1.82, 2.24) is 15.0 Å². The van der Waals surface area contributed by atoms with Crippen molar-refractivity contribution >= 4 is 16.7 Å². The third-order valence-electron chi connectivity index (χ3n) is 5.33. The van der Waals surface area contributed by atoms with Crippen molar-refractivity contribution in [2.75, 3.05) is 38.3 Å². The van der Waals surface area contributed by atoms with E-state index in [1.165, 1.54) is 0 Å². The standard InChI is InChI=1S/C24H22N4O2/c1-29-20-7-4-17(5-8-20)18-6-9-22-21(15-18)24(28-11-13-30-14-12-28)27-23(26-22)19-3-2-10-25-16-19/h2-10,15-16H,11-14H2,1H3. The normalized spacial score (nSPS) is 14.1. The monoisotopic (exact) mass is 398 g/mol. The molecule has 1 saturated heterocycles. The van der Waals surface area contributed by atoms with Crippen LogP contribution in [0.2, 0.25) is 0 Å². The Morgan fingerprint density at radius 3 is 2.43 bits per heavy atom. The van der Waals surface area contributed by atoms with Crippen molar-refractivity contribution < 1.29 is 9.47 Å². The van der Waals surface area contributed by atoms with Crippen LogP contribution >= 0.6 is 0 Å². The molecule has 0 N–H and O–H groups in total. The highest BCUT2D eigenvalue weighted by molar-refractivity contribution is 5.94. The Bertz CT molecular complexity index is 1160. The van der Waals surface area contributed by atoms with Gasteiger partial charge in [0.05, 0.1) is 25.8 Å². The number of aromatic nitrogens is 3. The Morgan fingerprint density at radius 1 is 0.900 bits per heavy atom. The number of rotatable bonds is 4. The molecule has 0 amide bonds. The second-order valence-electron chi connectivity index (χ2n) is 7.17. The second kappa shape index (κ2) is 8.08. The van der Waals surface area contributed by atoms with Crippen molar-refractivity contribution in [2.24, 2.45) is 0 Å². The lowest BCUT2D eigenvalue weighted by molar-refractivity contribution is 0.122. The molecule has 1 aliphatic rings. The van der Waals surface area contributed by atoms with Crippen molar-refractivity contribution in [3.8, 4) is 28.3 Å². The maximum atomic E-state index is 5.56. The third-order valence-corrected chi connectivity index (χ3v) is 5.33. The Labute approximate surface area is 175 Å². The largest absolute Gasteiger partial charge is 0.497 e. The lowest BCUT2D eigenvalue weighted by Crippen LogP contribution is -2.37. The van der Waals surface area contributed by atoms with Crippen LogP contribution in [-0.4, -0.2) is 48.4 Å². The van der Waals surface area contributed by atoms with E-state index in [2.05, 4.69) is 40.2 Å². The van der Waals surface area contributed by atoms with Crippen LogP contribution in [0.4, 0.5) is 5.82 Å². The Morgan fingerprint density at radius 2 is 1.70 bits per heavy atom. The first kappa shape index (κ1) is 18.5. The molecular weight excluding hydrogens is 376 g/mol. The lowest BCUT2D eigenvalue weighted by Gasteiger charge is -2.29. The Hall–Kier alpha value is -3.51. The van der Waals surface area contributed by atoms with E-state index in [4.69, 9.17) is 19.4 Å². The highest BCUT2D eigenvalue weighted by Gasteiger charge is 2.18.